The lowest BCUT2D eigenvalue weighted by atomic mass is 10.1. The third-order valence-electron chi connectivity index (χ3n) is 5.59. The number of aromatic nitrogens is 1. The summed E-state index contributed by atoms with van der Waals surface area (Å²) in [5.41, 5.74) is 1.58. The Morgan fingerprint density at radius 1 is 0.923 bits per heavy atom. The van der Waals surface area contributed by atoms with Gasteiger partial charge in [-0.15, -0.1) is 0 Å². The minimum atomic E-state index is -4.48. The summed E-state index contributed by atoms with van der Waals surface area (Å²) in [6, 6.07) is 7.35. The average Bonchev–Trinajstić information content (AvgIpc) is 3.53. The van der Waals surface area contributed by atoms with Crippen molar-refractivity contribution in [2.24, 2.45) is 0 Å². The van der Waals surface area contributed by atoms with Crippen molar-refractivity contribution in [1.29, 1.82) is 0 Å². The molecule has 0 aliphatic carbocycles. The van der Waals surface area contributed by atoms with E-state index < -0.39 is 45.6 Å². The SMILES string of the molecule is Cc1oc(=O)oc1COP(=O)(OCOC(=O)n1cc(CCN(C)C)c2ccccc21)OCc1oc(=O)oc1C. The van der Waals surface area contributed by atoms with Gasteiger partial charge < -0.3 is 27.3 Å². The van der Waals surface area contributed by atoms with E-state index in [-0.39, 0.29) is 23.0 Å². The number of rotatable bonds is 12. The van der Waals surface area contributed by atoms with Crippen molar-refractivity contribution in [1.82, 2.24) is 9.47 Å². The number of para-hydroxylation sites is 1. The van der Waals surface area contributed by atoms with Gasteiger partial charge in [0, 0.05) is 18.1 Å². The maximum atomic E-state index is 13.3. The van der Waals surface area contributed by atoms with Gasteiger partial charge in [0.25, 0.3) is 0 Å². The van der Waals surface area contributed by atoms with E-state index in [0.717, 1.165) is 17.5 Å². The van der Waals surface area contributed by atoms with Crippen LogP contribution < -0.4 is 11.6 Å². The second kappa shape index (κ2) is 12.0. The van der Waals surface area contributed by atoms with Gasteiger partial charge in [-0.2, -0.15) is 0 Å². The predicted octanol–water partition coefficient (Wildman–Crippen LogP) is 3.96. The second-order valence-corrected chi connectivity index (χ2v) is 10.3. The first-order chi connectivity index (χ1) is 18.5. The van der Waals surface area contributed by atoms with Crippen molar-refractivity contribution < 1.29 is 45.3 Å². The molecule has 0 unspecified atom stereocenters. The summed E-state index contributed by atoms with van der Waals surface area (Å²) in [5, 5.41) is 0.892. The third kappa shape index (κ3) is 7.05. The molecule has 4 rings (SSSR count). The summed E-state index contributed by atoms with van der Waals surface area (Å²) in [7, 11) is -0.574. The Balaban J connectivity index is 1.46. The van der Waals surface area contributed by atoms with Gasteiger partial charge in [-0.05, 0) is 46.0 Å². The van der Waals surface area contributed by atoms with E-state index >= 15 is 0 Å². The van der Waals surface area contributed by atoms with Crippen molar-refractivity contribution >= 4 is 24.8 Å². The van der Waals surface area contributed by atoms with Crippen molar-refractivity contribution in [2.45, 2.75) is 33.5 Å². The highest BCUT2D eigenvalue weighted by Crippen LogP contribution is 2.51. The van der Waals surface area contributed by atoms with Crippen LogP contribution in [-0.2, 0) is 42.5 Å². The Kier molecular flexibility index (Phi) is 8.73. The lowest BCUT2D eigenvalue weighted by Crippen LogP contribution is -2.16. The number of fused-ring (bicyclic) bond motifs is 1. The predicted molar refractivity (Wildman–Crippen MR) is 133 cm³/mol. The standard InChI is InChI=1S/C24H27N2O12P/c1-15-20(37-23(28)35-15)12-32-39(30,33-13-21-16(2)36-24(29)38-21)34-14-31-22(27)26-11-17(9-10-25(3)4)18-7-5-6-8-19(18)26/h5-8,11H,9-10,12-14H2,1-4H3. The molecule has 0 atom stereocenters. The lowest BCUT2D eigenvalue weighted by molar-refractivity contribution is 0.0151. The number of ether oxygens (including phenoxy) is 1. The largest absolute Gasteiger partial charge is 0.519 e. The number of carbonyl (C=O) groups excluding carboxylic acids is 1. The van der Waals surface area contributed by atoms with Gasteiger partial charge in [0.2, 0.25) is 6.79 Å². The summed E-state index contributed by atoms with van der Waals surface area (Å²) in [5.74, 6) is -1.87. The smallest absolute Gasteiger partial charge is 0.421 e. The Morgan fingerprint density at radius 2 is 1.51 bits per heavy atom. The van der Waals surface area contributed by atoms with Crippen LogP contribution >= 0.6 is 7.82 Å². The van der Waals surface area contributed by atoms with Gasteiger partial charge in [-0.3, -0.25) is 13.6 Å². The highest BCUT2D eigenvalue weighted by atomic mass is 31.2. The Hall–Kier alpha value is -3.68. The number of hydrogen-bond acceptors (Lipinski definition) is 13. The topological polar surface area (TPSA) is 166 Å². The molecular weight excluding hydrogens is 539 g/mol. The van der Waals surface area contributed by atoms with Gasteiger partial charge in [-0.25, -0.2) is 23.5 Å². The van der Waals surface area contributed by atoms with Crippen molar-refractivity contribution in [3.63, 3.8) is 0 Å². The molecule has 0 saturated heterocycles. The Morgan fingerprint density at radius 3 is 2.05 bits per heavy atom. The zero-order chi connectivity index (χ0) is 28.2. The quantitative estimate of drug-likeness (QED) is 0.179. The molecule has 0 spiro atoms. The van der Waals surface area contributed by atoms with E-state index in [4.69, 9.17) is 36.0 Å². The van der Waals surface area contributed by atoms with Crippen LogP contribution in [0, 0.1) is 13.8 Å². The van der Waals surface area contributed by atoms with E-state index in [1.54, 1.807) is 18.3 Å². The van der Waals surface area contributed by atoms with Crippen LogP contribution in [0.2, 0.25) is 0 Å². The van der Waals surface area contributed by atoms with Crippen LogP contribution in [0.4, 0.5) is 4.79 Å². The normalized spacial score (nSPS) is 12.0. The molecule has 0 saturated carbocycles. The maximum Gasteiger partial charge on any atom is 0.519 e. The van der Waals surface area contributed by atoms with E-state index in [1.807, 2.05) is 31.1 Å². The van der Waals surface area contributed by atoms with Crippen LogP contribution in [0.15, 0.2) is 57.7 Å². The van der Waals surface area contributed by atoms with Crippen molar-refractivity contribution in [2.75, 3.05) is 27.4 Å². The molecule has 210 valence electrons. The summed E-state index contributed by atoms with van der Waals surface area (Å²) in [6.45, 7) is 1.77. The monoisotopic (exact) mass is 566 g/mol. The molecule has 0 N–H and O–H groups in total. The van der Waals surface area contributed by atoms with Gasteiger partial charge in [0.05, 0.1) is 5.52 Å². The first kappa shape index (κ1) is 28.3. The molecule has 0 aliphatic rings. The zero-order valence-corrected chi connectivity index (χ0v) is 22.6. The third-order valence-corrected chi connectivity index (χ3v) is 6.90. The van der Waals surface area contributed by atoms with Gasteiger partial charge in [-0.1, -0.05) is 18.2 Å². The minimum absolute atomic E-state index is 0.0560. The summed E-state index contributed by atoms with van der Waals surface area (Å²) < 4.78 is 54.7. The first-order valence-corrected chi connectivity index (χ1v) is 13.1. The molecule has 3 aromatic heterocycles. The van der Waals surface area contributed by atoms with Crippen LogP contribution in [0.1, 0.15) is 28.6 Å². The van der Waals surface area contributed by atoms with E-state index in [9.17, 15) is 18.9 Å². The van der Waals surface area contributed by atoms with Gasteiger partial charge >= 0.3 is 25.6 Å². The molecule has 0 radical (unpaired) electrons. The number of nitrogens with zero attached hydrogens (tertiary/aromatic N) is 2. The van der Waals surface area contributed by atoms with E-state index in [2.05, 4.69) is 0 Å². The number of hydrogen-bond donors (Lipinski definition) is 0. The van der Waals surface area contributed by atoms with Crippen LogP contribution in [-0.4, -0.2) is 43.0 Å². The first-order valence-electron chi connectivity index (χ1n) is 11.7. The van der Waals surface area contributed by atoms with Gasteiger partial charge in [0.1, 0.15) is 24.7 Å². The van der Waals surface area contributed by atoms with E-state index in [0.29, 0.717) is 11.9 Å². The lowest BCUT2D eigenvalue weighted by Gasteiger charge is -2.17. The molecule has 0 amide bonds. The van der Waals surface area contributed by atoms with E-state index in [1.165, 1.54) is 18.4 Å². The van der Waals surface area contributed by atoms with Crippen LogP contribution in [0.5, 0.6) is 0 Å². The molecule has 4 aromatic rings. The molecule has 0 fully saturated rings. The molecule has 14 nitrogen and oxygen atoms in total. The minimum Gasteiger partial charge on any atom is -0.421 e. The zero-order valence-electron chi connectivity index (χ0n) is 21.7. The Labute approximate surface area is 221 Å². The highest BCUT2D eigenvalue weighted by molar-refractivity contribution is 7.48. The molecule has 0 bridgehead atoms. The molecule has 39 heavy (non-hydrogen) atoms. The molecule has 0 aliphatic heterocycles. The number of likely N-dealkylation sites (N-methyl/N-ethyl adjacent to an activating group) is 1. The maximum absolute atomic E-state index is 13.3. The molecule has 15 heteroatoms. The Bertz CT molecular complexity index is 1540. The van der Waals surface area contributed by atoms with Crippen LogP contribution in [0.25, 0.3) is 10.9 Å². The molecule has 3 heterocycles. The fourth-order valence-corrected chi connectivity index (χ4v) is 4.51. The summed E-state index contributed by atoms with van der Waals surface area (Å²) in [6.07, 6.45) is 1.59. The second-order valence-electron chi connectivity index (χ2n) is 8.61. The molecular formula is C24H27N2O12P. The fraction of sp³-hybridized carbons (Fsp3) is 0.375. The summed E-state index contributed by atoms with van der Waals surface area (Å²) >= 11 is 0. The van der Waals surface area contributed by atoms with Crippen molar-refractivity contribution in [3.05, 3.63) is 80.3 Å². The number of carbonyl (C=O) groups is 1. The fourth-order valence-electron chi connectivity index (χ4n) is 3.56. The van der Waals surface area contributed by atoms with Crippen molar-refractivity contribution in [3.8, 4) is 0 Å². The average molecular weight is 566 g/mol. The molecule has 1 aromatic carbocycles. The summed E-state index contributed by atoms with van der Waals surface area (Å²) in [4.78, 5) is 37.5. The highest BCUT2D eigenvalue weighted by Gasteiger charge is 2.31. The number of phosphoric acid groups is 1. The number of aryl methyl sites for hydroxylation is 2. The van der Waals surface area contributed by atoms with Crippen LogP contribution in [0.3, 0.4) is 0 Å². The number of benzene rings is 1. The number of phosphoric ester groups is 1. The van der Waals surface area contributed by atoms with Gasteiger partial charge in [0.15, 0.2) is 11.5 Å².